The van der Waals surface area contributed by atoms with Gasteiger partial charge in [-0.2, -0.15) is 0 Å². The predicted molar refractivity (Wildman–Crippen MR) is 66.4 cm³/mol. The van der Waals surface area contributed by atoms with Crippen LogP contribution < -0.4 is 4.74 Å². The third kappa shape index (κ3) is 2.96. The fraction of sp³-hybridized carbons (Fsp3) is 0.154. The lowest BCUT2D eigenvalue weighted by Crippen LogP contribution is -1.95. The summed E-state index contributed by atoms with van der Waals surface area (Å²) < 4.78 is 5.64. The second-order valence-electron chi connectivity index (χ2n) is 3.65. The van der Waals surface area contributed by atoms with E-state index in [0.717, 1.165) is 5.56 Å². The number of halogens is 1. The monoisotopic (exact) mass is 249 g/mol. The third-order valence-corrected chi connectivity index (χ3v) is 2.48. The third-order valence-electron chi connectivity index (χ3n) is 2.28. The van der Waals surface area contributed by atoms with Gasteiger partial charge in [0.25, 0.3) is 0 Å². The molecular weight excluding hydrogens is 238 g/mol. The van der Waals surface area contributed by atoms with Gasteiger partial charge in [0.05, 0.1) is 17.3 Å². The number of hydrogen-bond donors (Lipinski definition) is 1. The number of para-hydroxylation sites is 1. The Labute approximate surface area is 105 Å². The van der Waals surface area contributed by atoms with E-state index in [4.69, 9.17) is 16.3 Å². The lowest BCUT2D eigenvalue weighted by molar-refractivity contribution is 0.195. The number of aliphatic hydroxyl groups excluding tert-OH is 1. The molecule has 2 rings (SSSR count). The summed E-state index contributed by atoms with van der Waals surface area (Å²) in [5, 5.41) is 10.1. The van der Waals surface area contributed by atoms with Crippen LogP contribution in [0.3, 0.4) is 0 Å². The van der Waals surface area contributed by atoms with E-state index in [1.54, 1.807) is 25.3 Å². The van der Waals surface area contributed by atoms with Gasteiger partial charge in [-0.05, 0) is 13.0 Å². The van der Waals surface area contributed by atoms with Crippen molar-refractivity contribution < 1.29 is 9.84 Å². The minimum absolute atomic E-state index is 0.511. The number of hydrogen-bond acceptors (Lipinski definition) is 3. The molecule has 0 aliphatic carbocycles. The smallest absolute Gasteiger partial charge is 0.147 e. The zero-order valence-corrected chi connectivity index (χ0v) is 10.1. The van der Waals surface area contributed by atoms with Crippen LogP contribution in [0.15, 0.2) is 42.7 Å². The van der Waals surface area contributed by atoms with Gasteiger partial charge in [-0.3, -0.25) is 4.98 Å². The molecular formula is C13H12ClNO2. The number of rotatable bonds is 3. The fourth-order valence-electron chi connectivity index (χ4n) is 1.49. The van der Waals surface area contributed by atoms with Crippen LogP contribution in [-0.2, 0) is 0 Å². The van der Waals surface area contributed by atoms with Crippen molar-refractivity contribution in [3.63, 3.8) is 0 Å². The highest BCUT2D eigenvalue weighted by Gasteiger charge is 2.09. The molecule has 0 aliphatic rings. The number of nitrogens with zero attached hydrogens (tertiary/aromatic N) is 1. The molecule has 0 amide bonds. The standard InChI is InChI=1S/C13H12ClNO2/c1-9(16)12-4-2-3-5-13(12)17-11-6-10(14)7-15-8-11/h2-9,16H,1H3/t9-/m0/s1. The summed E-state index contributed by atoms with van der Waals surface area (Å²) in [5.41, 5.74) is 0.729. The minimum atomic E-state index is -0.585. The van der Waals surface area contributed by atoms with Gasteiger partial charge in [0.15, 0.2) is 0 Å². The van der Waals surface area contributed by atoms with Gasteiger partial charge < -0.3 is 9.84 Å². The number of pyridine rings is 1. The summed E-state index contributed by atoms with van der Waals surface area (Å²) >= 11 is 5.82. The highest BCUT2D eigenvalue weighted by molar-refractivity contribution is 6.30. The first-order valence-electron chi connectivity index (χ1n) is 5.22. The van der Waals surface area contributed by atoms with Gasteiger partial charge in [-0.15, -0.1) is 0 Å². The molecule has 3 nitrogen and oxygen atoms in total. The topological polar surface area (TPSA) is 42.4 Å². The average Bonchev–Trinajstić information content (AvgIpc) is 2.29. The molecule has 0 unspecified atom stereocenters. The van der Waals surface area contributed by atoms with Gasteiger partial charge >= 0.3 is 0 Å². The lowest BCUT2D eigenvalue weighted by Gasteiger charge is -2.12. The minimum Gasteiger partial charge on any atom is -0.455 e. The molecule has 0 saturated carbocycles. The van der Waals surface area contributed by atoms with Crippen LogP contribution in [0.2, 0.25) is 5.02 Å². The van der Waals surface area contributed by atoms with Gasteiger partial charge in [0, 0.05) is 17.8 Å². The van der Waals surface area contributed by atoms with Crippen molar-refractivity contribution in [3.8, 4) is 11.5 Å². The SMILES string of the molecule is C[C@H](O)c1ccccc1Oc1cncc(Cl)c1. The van der Waals surface area contributed by atoms with Crippen molar-refractivity contribution in [2.75, 3.05) is 0 Å². The van der Waals surface area contributed by atoms with Crippen molar-refractivity contribution in [3.05, 3.63) is 53.3 Å². The summed E-state index contributed by atoms with van der Waals surface area (Å²) in [6, 6.07) is 8.98. The Kier molecular flexibility index (Phi) is 3.61. The molecule has 1 aromatic heterocycles. The molecule has 0 aliphatic heterocycles. The summed E-state index contributed by atoms with van der Waals surface area (Å²) in [4.78, 5) is 3.94. The summed E-state index contributed by atoms with van der Waals surface area (Å²) in [5.74, 6) is 1.15. The van der Waals surface area contributed by atoms with E-state index >= 15 is 0 Å². The van der Waals surface area contributed by atoms with Crippen LogP contribution in [0, 0.1) is 0 Å². The van der Waals surface area contributed by atoms with Crippen molar-refractivity contribution >= 4 is 11.6 Å². The van der Waals surface area contributed by atoms with Gasteiger partial charge in [0.2, 0.25) is 0 Å². The van der Waals surface area contributed by atoms with Crippen LogP contribution in [0.4, 0.5) is 0 Å². The van der Waals surface area contributed by atoms with E-state index in [1.807, 2.05) is 18.2 Å². The first-order chi connectivity index (χ1) is 8.16. The molecule has 0 saturated heterocycles. The molecule has 1 heterocycles. The molecule has 0 fully saturated rings. The van der Waals surface area contributed by atoms with Gasteiger partial charge in [-0.1, -0.05) is 29.8 Å². The van der Waals surface area contributed by atoms with Crippen LogP contribution >= 0.6 is 11.6 Å². The summed E-state index contributed by atoms with van der Waals surface area (Å²) in [6.45, 7) is 1.69. The first kappa shape index (κ1) is 11.9. The Morgan fingerprint density at radius 3 is 2.76 bits per heavy atom. The Balaban J connectivity index is 2.30. The zero-order chi connectivity index (χ0) is 12.3. The quantitative estimate of drug-likeness (QED) is 0.904. The maximum absolute atomic E-state index is 9.62. The van der Waals surface area contributed by atoms with Crippen LogP contribution in [0.5, 0.6) is 11.5 Å². The molecule has 0 spiro atoms. The van der Waals surface area contributed by atoms with Crippen molar-refractivity contribution in [1.82, 2.24) is 4.98 Å². The summed E-state index contributed by atoms with van der Waals surface area (Å²) in [7, 11) is 0. The van der Waals surface area contributed by atoms with Crippen molar-refractivity contribution in [1.29, 1.82) is 0 Å². The Morgan fingerprint density at radius 2 is 2.06 bits per heavy atom. The fourth-order valence-corrected chi connectivity index (χ4v) is 1.66. The molecule has 0 bridgehead atoms. The maximum atomic E-state index is 9.62. The van der Waals surface area contributed by atoms with Crippen molar-refractivity contribution in [2.45, 2.75) is 13.0 Å². The van der Waals surface area contributed by atoms with E-state index < -0.39 is 6.10 Å². The highest BCUT2D eigenvalue weighted by atomic mass is 35.5. The van der Waals surface area contributed by atoms with E-state index in [-0.39, 0.29) is 0 Å². The van der Waals surface area contributed by atoms with Crippen LogP contribution in [0.1, 0.15) is 18.6 Å². The van der Waals surface area contributed by atoms with E-state index in [2.05, 4.69) is 4.98 Å². The van der Waals surface area contributed by atoms with Crippen molar-refractivity contribution in [2.24, 2.45) is 0 Å². The second kappa shape index (κ2) is 5.17. The average molecular weight is 250 g/mol. The Bertz CT molecular complexity index is 514. The normalized spacial score (nSPS) is 12.2. The summed E-state index contributed by atoms with van der Waals surface area (Å²) in [6.07, 6.45) is 2.53. The molecule has 0 radical (unpaired) electrons. The van der Waals surface area contributed by atoms with E-state index in [1.165, 1.54) is 6.20 Å². The highest BCUT2D eigenvalue weighted by Crippen LogP contribution is 2.29. The van der Waals surface area contributed by atoms with Crippen LogP contribution in [-0.4, -0.2) is 10.1 Å². The molecule has 2 aromatic rings. The zero-order valence-electron chi connectivity index (χ0n) is 9.30. The number of aliphatic hydroxyl groups is 1. The molecule has 17 heavy (non-hydrogen) atoms. The maximum Gasteiger partial charge on any atom is 0.147 e. The van der Waals surface area contributed by atoms with Gasteiger partial charge in [0.1, 0.15) is 11.5 Å². The number of benzene rings is 1. The lowest BCUT2D eigenvalue weighted by atomic mass is 10.1. The van der Waals surface area contributed by atoms with E-state index in [9.17, 15) is 5.11 Å². The Morgan fingerprint density at radius 1 is 1.29 bits per heavy atom. The molecule has 4 heteroatoms. The Hall–Kier alpha value is -1.58. The largest absolute Gasteiger partial charge is 0.455 e. The van der Waals surface area contributed by atoms with Gasteiger partial charge in [-0.25, -0.2) is 0 Å². The number of aromatic nitrogens is 1. The first-order valence-corrected chi connectivity index (χ1v) is 5.60. The second-order valence-corrected chi connectivity index (χ2v) is 4.09. The molecule has 1 aromatic carbocycles. The van der Waals surface area contributed by atoms with E-state index in [0.29, 0.717) is 16.5 Å². The predicted octanol–water partition coefficient (Wildman–Crippen LogP) is 3.58. The molecule has 88 valence electrons. The molecule has 1 N–H and O–H groups in total. The number of ether oxygens (including phenoxy) is 1. The van der Waals surface area contributed by atoms with Crippen LogP contribution in [0.25, 0.3) is 0 Å². The molecule has 1 atom stereocenters.